The van der Waals surface area contributed by atoms with E-state index in [-0.39, 0.29) is 11.0 Å². The highest BCUT2D eigenvalue weighted by Gasteiger charge is 2.39. The third-order valence-corrected chi connectivity index (χ3v) is 5.66. The number of nitrogens with zero attached hydrogens (tertiary/aromatic N) is 1. The first-order valence-electron chi connectivity index (χ1n) is 8.08. The van der Waals surface area contributed by atoms with Crippen molar-refractivity contribution in [2.45, 2.75) is 76.4 Å². The Balaban J connectivity index is 2.13. The standard InChI is InChI=1S/C17H30N2OS/c1-16(2,3)14-12-21-15(19-14)11-13(18-4)17(20-5)9-7-6-8-10-17/h12-13,18H,6-11H2,1-5H3. The fraction of sp³-hybridized carbons (Fsp3) is 0.824. The van der Waals surface area contributed by atoms with Crippen LogP contribution in [-0.4, -0.2) is 30.8 Å². The fourth-order valence-corrected chi connectivity index (χ4v) is 4.39. The van der Waals surface area contributed by atoms with Gasteiger partial charge < -0.3 is 10.1 Å². The van der Waals surface area contributed by atoms with Gasteiger partial charge in [-0.3, -0.25) is 0 Å². The second-order valence-corrected chi connectivity index (χ2v) is 8.19. The molecule has 0 saturated heterocycles. The molecule has 120 valence electrons. The second-order valence-electron chi connectivity index (χ2n) is 7.25. The molecular weight excluding hydrogens is 280 g/mol. The Morgan fingerprint density at radius 3 is 2.48 bits per heavy atom. The maximum absolute atomic E-state index is 5.99. The number of hydrogen-bond acceptors (Lipinski definition) is 4. The van der Waals surface area contributed by atoms with E-state index in [0.717, 1.165) is 19.3 Å². The molecule has 1 unspecified atom stereocenters. The highest BCUT2D eigenvalue weighted by Crippen LogP contribution is 2.36. The van der Waals surface area contributed by atoms with Gasteiger partial charge in [0.2, 0.25) is 0 Å². The number of likely N-dealkylation sites (N-methyl/N-ethyl adjacent to an activating group) is 1. The summed E-state index contributed by atoms with van der Waals surface area (Å²) < 4.78 is 5.99. The van der Waals surface area contributed by atoms with Crippen molar-refractivity contribution in [2.24, 2.45) is 0 Å². The molecule has 0 amide bonds. The Morgan fingerprint density at radius 1 is 1.33 bits per heavy atom. The molecule has 1 aromatic heterocycles. The molecule has 0 aromatic carbocycles. The Kier molecular flexibility index (Phi) is 5.44. The van der Waals surface area contributed by atoms with Gasteiger partial charge in [0.05, 0.1) is 16.3 Å². The van der Waals surface area contributed by atoms with Crippen LogP contribution in [0.4, 0.5) is 0 Å². The molecular formula is C17H30N2OS. The molecule has 0 aliphatic heterocycles. The van der Waals surface area contributed by atoms with Crippen LogP contribution in [-0.2, 0) is 16.6 Å². The number of hydrogen-bond donors (Lipinski definition) is 1. The third kappa shape index (κ3) is 3.85. The first kappa shape index (κ1) is 16.9. The largest absolute Gasteiger partial charge is 0.377 e. The number of ether oxygens (including phenoxy) is 1. The Bertz CT molecular complexity index is 444. The van der Waals surface area contributed by atoms with Crippen molar-refractivity contribution in [1.29, 1.82) is 0 Å². The van der Waals surface area contributed by atoms with Crippen LogP contribution < -0.4 is 5.32 Å². The summed E-state index contributed by atoms with van der Waals surface area (Å²) in [7, 11) is 3.93. The van der Waals surface area contributed by atoms with E-state index in [9.17, 15) is 0 Å². The van der Waals surface area contributed by atoms with Gasteiger partial charge in [-0.15, -0.1) is 11.3 Å². The van der Waals surface area contributed by atoms with Crippen LogP contribution in [0.2, 0.25) is 0 Å². The third-order valence-electron chi connectivity index (χ3n) is 4.79. The van der Waals surface area contributed by atoms with E-state index in [1.54, 1.807) is 11.3 Å². The molecule has 2 rings (SSSR count). The maximum Gasteiger partial charge on any atom is 0.0945 e. The number of thiazole rings is 1. The lowest BCUT2D eigenvalue weighted by molar-refractivity contribution is -0.0657. The molecule has 1 atom stereocenters. The number of methoxy groups -OCH3 is 1. The van der Waals surface area contributed by atoms with Crippen LogP contribution in [0.1, 0.15) is 63.6 Å². The van der Waals surface area contributed by atoms with E-state index in [0.29, 0.717) is 6.04 Å². The molecule has 1 fully saturated rings. The topological polar surface area (TPSA) is 34.2 Å². The van der Waals surface area contributed by atoms with Crippen LogP contribution in [0.25, 0.3) is 0 Å². The summed E-state index contributed by atoms with van der Waals surface area (Å²) in [5, 5.41) is 6.94. The zero-order chi connectivity index (χ0) is 15.5. The van der Waals surface area contributed by atoms with Crippen LogP contribution in [0.15, 0.2) is 5.38 Å². The van der Waals surface area contributed by atoms with Crippen LogP contribution in [0.3, 0.4) is 0 Å². The summed E-state index contributed by atoms with van der Waals surface area (Å²) >= 11 is 1.79. The monoisotopic (exact) mass is 310 g/mol. The minimum atomic E-state index is -0.0133. The lowest BCUT2D eigenvalue weighted by Crippen LogP contribution is -2.53. The van der Waals surface area contributed by atoms with Crippen molar-refractivity contribution in [3.63, 3.8) is 0 Å². The SMILES string of the molecule is CNC(Cc1nc(C(C)(C)C)cs1)C1(OC)CCCCC1. The molecule has 1 aromatic rings. The van der Waals surface area contributed by atoms with Gasteiger partial charge in [0.1, 0.15) is 0 Å². The number of rotatable bonds is 5. The molecule has 1 aliphatic carbocycles. The zero-order valence-electron chi connectivity index (χ0n) is 14.2. The lowest BCUT2D eigenvalue weighted by atomic mass is 9.78. The summed E-state index contributed by atoms with van der Waals surface area (Å²) in [5.41, 5.74) is 1.32. The average molecular weight is 311 g/mol. The van der Waals surface area contributed by atoms with Gasteiger partial charge in [0.25, 0.3) is 0 Å². The first-order chi connectivity index (χ1) is 9.91. The van der Waals surface area contributed by atoms with E-state index in [1.807, 2.05) is 7.11 Å². The smallest absolute Gasteiger partial charge is 0.0945 e. The first-order valence-corrected chi connectivity index (χ1v) is 8.96. The molecule has 4 heteroatoms. The minimum absolute atomic E-state index is 0.0133. The Hall–Kier alpha value is -0.450. The summed E-state index contributed by atoms with van der Waals surface area (Å²) in [4.78, 5) is 4.85. The molecule has 0 spiro atoms. The highest BCUT2D eigenvalue weighted by atomic mass is 32.1. The van der Waals surface area contributed by atoms with Crippen LogP contribution in [0.5, 0.6) is 0 Å². The normalized spacial score (nSPS) is 20.4. The van der Waals surface area contributed by atoms with Gasteiger partial charge >= 0.3 is 0 Å². The molecule has 0 radical (unpaired) electrons. The molecule has 1 heterocycles. The van der Waals surface area contributed by atoms with Crippen molar-refractivity contribution in [1.82, 2.24) is 10.3 Å². The van der Waals surface area contributed by atoms with Crippen molar-refractivity contribution < 1.29 is 4.74 Å². The van der Waals surface area contributed by atoms with Gasteiger partial charge in [-0.1, -0.05) is 40.0 Å². The Labute approximate surface area is 133 Å². The van der Waals surface area contributed by atoms with Crippen molar-refractivity contribution in [2.75, 3.05) is 14.2 Å². The van der Waals surface area contributed by atoms with E-state index >= 15 is 0 Å². The van der Waals surface area contributed by atoms with Gasteiger partial charge in [-0.25, -0.2) is 4.98 Å². The average Bonchev–Trinajstić information content (AvgIpc) is 2.94. The van der Waals surface area contributed by atoms with Gasteiger partial charge in [-0.2, -0.15) is 0 Å². The molecule has 1 saturated carbocycles. The molecule has 21 heavy (non-hydrogen) atoms. The molecule has 1 N–H and O–H groups in total. The van der Waals surface area contributed by atoms with E-state index in [1.165, 1.54) is 30.0 Å². The quantitative estimate of drug-likeness (QED) is 0.895. The second kappa shape index (κ2) is 6.76. The summed E-state index contributed by atoms with van der Waals surface area (Å²) in [5.74, 6) is 0. The molecule has 0 bridgehead atoms. The highest BCUT2D eigenvalue weighted by molar-refractivity contribution is 7.09. The number of aromatic nitrogens is 1. The van der Waals surface area contributed by atoms with Crippen LogP contribution >= 0.6 is 11.3 Å². The van der Waals surface area contributed by atoms with E-state index in [4.69, 9.17) is 9.72 Å². The van der Waals surface area contributed by atoms with Gasteiger partial charge in [0.15, 0.2) is 0 Å². The summed E-state index contributed by atoms with van der Waals surface area (Å²) in [6, 6.07) is 0.349. The predicted octanol–water partition coefficient (Wildman–Crippen LogP) is 3.92. The van der Waals surface area contributed by atoms with E-state index < -0.39 is 0 Å². The van der Waals surface area contributed by atoms with E-state index in [2.05, 4.69) is 38.5 Å². The Morgan fingerprint density at radius 2 is 2.00 bits per heavy atom. The van der Waals surface area contributed by atoms with Crippen LogP contribution in [0, 0.1) is 0 Å². The van der Waals surface area contributed by atoms with Crippen molar-refractivity contribution >= 4 is 11.3 Å². The van der Waals surface area contributed by atoms with Gasteiger partial charge in [0, 0.05) is 30.4 Å². The molecule has 1 aliphatic rings. The van der Waals surface area contributed by atoms with Crippen molar-refractivity contribution in [3.8, 4) is 0 Å². The summed E-state index contributed by atoms with van der Waals surface area (Å²) in [6.45, 7) is 6.66. The predicted molar refractivity (Wildman–Crippen MR) is 90.2 cm³/mol. The fourth-order valence-electron chi connectivity index (χ4n) is 3.32. The minimum Gasteiger partial charge on any atom is -0.377 e. The maximum atomic E-state index is 5.99. The van der Waals surface area contributed by atoms with Crippen molar-refractivity contribution in [3.05, 3.63) is 16.1 Å². The molecule has 3 nitrogen and oxygen atoms in total. The lowest BCUT2D eigenvalue weighted by Gasteiger charge is -2.42. The van der Waals surface area contributed by atoms with Gasteiger partial charge in [-0.05, 0) is 19.9 Å². The summed E-state index contributed by atoms with van der Waals surface area (Å²) in [6.07, 6.45) is 7.17. The number of nitrogens with one attached hydrogen (secondary N) is 1. The zero-order valence-corrected chi connectivity index (χ0v) is 15.0.